The molecule has 1 atom stereocenters. The molecule has 4 nitrogen and oxygen atoms in total. The van der Waals surface area contributed by atoms with Crippen LogP contribution in [0.3, 0.4) is 0 Å². The van der Waals surface area contributed by atoms with Crippen molar-refractivity contribution in [3.63, 3.8) is 0 Å². The SMILES string of the molecule is CC(C)(C)C1CCN(S(=O)(=O)c2c(Br)cc(N)cc2Br)C1. The standard InChI is InChI=1S/C14H20Br2N2O2S/c1-14(2,3)9-4-5-18(8-9)21(19,20)13-11(15)6-10(17)7-12(13)16/h6-7,9H,4-5,8,17H2,1-3H3. The molecule has 1 aliphatic heterocycles. The van der Waals surface area contributed by atoms with E-state index in [4.69, 9.17) is 5.73 Å². The summed E-state index contributed by atoms with van der Waals surface area (Å²) < 4.78 is 28.3. The number of benzene rings is 1. The Bertz CT molecular complexity index is 630. The largest absolute Gasteiger partial charge is 0.399 e. The lowest BCUT2D eigenvalue weighted by molar-refractivity contribution is 0.252. The van der Waals surface area contributed by atoms with Crippen molar-refractivity contribution in [1.82, 2.24) is 4.31 Å². The maximum atomic E-state index is 12.9. The fourth-order valence-electron chi connectivity index (χ4n) is 2.61. The molecule has 2 rings (SSSR count). The van der Waals surface area contributed by atoms with Crippen molar-refractivity contribution in [2.75, 3.05) is 18.8 Å². The maximum Gasteiger partial charge on any atom is 0.245 e. The molecule has 118 valence electrons. The van der Waals surface area contributed by atoms with Crippen LogP contribution in [0, 0.1) is 11.3 Å². The van der Waals surface area contributed by atoms with Gasteiger partial charge in [0.1, 0.15) is 4.90 Å². The molecule has 1 aromatic rings. The summed E-state index contributed by atoms with van der Waals surface area (Å²) in [5.41, 5.74) is 6.36. The minimum Gasteiger partial charge on any atom is -0.399 e. The number of hydrogen-bond donors (Lipinski definition) is 1. The monoisotopic (exact) mass is 438 g/mol. The first kappa shape index (κ1) is 17.2. The fourth-order valence-corrected chi connectivity index (χ4v) is 6.65. The zero-order valence-electron chi connectivity index (χ0n) is 12.4. The summed E-state index contributed by atoms with van der Waals surface area (Å²) >= 11 is 6.64. The van der Waals surface area contributed by atoms with Crippen LogP contribution < -0.4 is 5.73 Å². The molecule has 0 radical (unpaired) electrons. The van der Waals surface area contributed by atoms with Gasteiger partial charge in [0, 0.05) is 27.7 Å². The van der Waals surface area contributed by atoms with E-state index >= 15 is 0 Å². The molecule has 1 saturated heterocycles. The second-order valence-corrected chi connectivity index (χ2v) is 10.1. The first-order chi connectivity index (χ1) is 9.53. The molecule has 1 aliphatic rings. The van der Waals surface area contributed by atoms with Gasteiger partial charge in [-0.05, 0) is 61.7 Å². The van der Waals surface area contributed by atoms with Crippen LogP contribution in [0.1, 0.15) is 27.2 Å². The molecule has 0 aromatic heterocycles. The zero-order chi connectivity index (χ0) is 16.0. The summed E-state index contributed by atoms with van der Waals surface area (Å²) in [6.07, 6.45) is 0.896. The highest BCUT2D eigenvalue weighted by molar-refractivity contribution is 9.11. The highest BCUT2D eigenvalue weighted by Crippen LogP contribution is 2.39. The third-order valence-electron chi connectivity index (χ3n) is 3.99. The van der Waals surface area contributed by atoms with E-state index in [-0.39, 0.29) is 10.3 Å². The number of nitrogens with two attached hydrogens (primary N) is 1. The molecule has 0 spiro atoms. The predicted octanol–water partition coefficient (Wildman–Crippen LogP) is 3.85. The van der Waals surface area contributed by atoms with E-state index in [1.807, 2.05) is 0 Å². The Morgan fingerprint density at radius 3 is 2.19 bits per heavy atom. The lowest BCUT2D eigenvalue weighted by atomic mass is 9.80. The third-order valence-corrected chi connectivity index (χ3v) is 7.74. The molecular weight excluding hydrogens is 420 g/mol. The van der Waals surface area contributed by atoms with Crippen molar-refractivity contribution in [1.29, 1.82) is 0 Å². The Hall–Kier alpha value is -0.110. The van der Waals surface area contributed by atoms with Crippen LogP contribution in [0.25, 0.3) is 0 Å². The smallest absolute Gasteiger partial charge is 0.245 e. The molecule has 1 unspecified atom stereocenters. The topological polar surface area (TPSA) is 63.4 Å². The van der Waals surface area contributed by atoms with Gasteiger partial charge >= 0.3 is 0 Å². The summed E-state index contributed by atoms with van der Waals surface area (Å²) in [5, 5.41) is 0. The summed E-state index contributed by atoms with van der Waals surface area (Å²) in [6.45, 7) is 7.59. The van der Waals surface area contributed by atoms with E-state index in [0.29, 0.717) is 33.6 Å². The summed E-state index contributed by atoms with van der Waals surface area (Å²) in [7, 11) is -3.53. The summed E-state index contributed by atoms with van der Waals surface area (Å²) in [5.74, 6) is 0.374. The molecule has 0 aliphatic carbocycles. The van der Waals surface area contributed by atoms with Crippen molar-refractivity contribution < 1.29 is 8.42 Å². The molecule has 21 heavy (non-hydrogen) atoms. The molecular formula is C14H20Br2N2O2S. The van der Waals surface area contributed by atoms with Gasteiger partial charge in [0.15, 0.2) is 0 Å². The number of anilines is 1. The second kappa shape index (κ2) is 5.83. The van der Waals surface area contributed by atoms with E-state index in [2.05, 4.69) is 52.6 Å². The molecule has 2 N–H and O–H groups in total. The van der Waals surface area contributed by atoms with Gasteiger partial charge in [0.2, 0.25) is 10.0 Å². The number of hydrogen-bond acceptors (Lipinski definition) is 3. The molecule has 1 heterocycles. The Kier molecular flexibility index (Phi) is 4.79. The Labute approximate surface area is 143 Å². The Morgan fingerprint density at radius 2 is 1.76 bits per heavy atom. The van der Waals surface area contributed by atoms with Crippen molar-refractivity contribution in [3.8, 4) is 0 Å². The van der Waals surface area contributed by atoms with Gasteiger partial charge in [-0.3, -0.25) is 0 Å². The van der Waals surface area contributed by atoms with Gasteiger partial charge in [-0.25, -0.2) is 8.42 Å². The van der Waals surface area contributed by atoms with E-state index in [1.54, 1.807) is 16.4 Å². The van der Waals surface area contributed by atoms with Crippen LogP contribution in [0.5, 0.6) is 0 Å². The van der Waals surface area contributed by atoms with E-state index in [0.717, 1.165) is 6.42 Å². The van der Waals surface area contributed by atoms with E-state index in [9.17, 15) is 8.42 Å². The predicted molar refractivity (Wildman–Crippen MR) is 92.6 cm³/mol. The molecule has 0 saturated carbocycles. The molecule has 0 bridgehead atoms. The van der Waals surface area contributed by atoms with Crippen LogP contribution in [0.15, 0.2) is 26.0 Å². The average Bonchev–Trinajstić information content (AvgIpc) is 2.75. The van der Waals surface area contributed by atoms with Gasteiger partial charge < -0.3 is 5.73 Å². The Balaban J connectivity index is 2.37. The average molecular weight is 440 g/mol. The molecule has 0 amide bonds. The normalized spacial score (nSPS) is 20.9. The van der Waals surface area contributed by atoms with Gasteiger partial charge in [0.05, 0.1) is 0 Å². The fraction of sp³-hybridized carbons (Fsp3) is 0.571. The first-order valence-electron chi connectivity index (χ1n) is 6.78. The van der Waals surface area contributed by atoms with E-state index < -0.39 is 10.0 Å². The number of sulfonamides is 1. The van der Waals surface area contributed by atoms with Gasteiger partial charge in [-0.15, -0.1) is 0 Å². The number of rotatable bonds is 2. The van der Waals surface area contributed by atoms with Crippen LogP contribution in [-0.2, 0) is 10.0 Å². The van der Waals surface area contributed by atoms with Crippen LogP contribution in [0.2, 0.25) is 0 Å². The van der Waals surface area contributed by atoms with Gasteiger partial charge in [0.25, 0.3) is 0 Å². The van der Waals surface area contributed by atoms with Gasteiger partial charge in [-0.1, -0.05) is 20.8 Å². The highest BCUT2D eigenvalue weighted by atomic mass is 79.9. The van der Waals surface area contributed by atoms with Crippen molar-refractivity contribution in [2.24, 2.45) is 11.3 Å². The number of nitrogens with zero attached hydrogens (tertiary/aromatic N) is 1. The molecule has 1 aromatic carbocycles. The van der Waals surface area contributed by atoms with Crippen LogP contribution >= 0.6 is 31.9 Å². The summed E-state index contributed by atoms with van der Waals surface area (Å²) in [4.78, 5) is 0.256. The second-order valence-electron chi connectivity index (χ2n) is 6.53. The van der Waals surface area contributed by atoms with Crippen molar-refractivity contribution in [2.45, 2.75) is 32.1 Å². The number of nitrogen functional groups attached to an aromatic ring is 1. The number of halogens is 2. The van der Waals surface area contributed by atoms with Crippen molar-refractivity contribution >= 4 is 47.6 Å². The third kappa shape index (κ3) is 3.46. The van der Waals surface area contributed by atoms with Gasteiger partial charge in [-0.2, -0.15) is 4.31 Å². The maximum absolute atomic E-state index is 12.9. The summed E-state index contributed by atoms with van der Waals surface area (Å²) in [6, 6.07) is 3.24. The van der Waals surface area contributed by atoms with Crippen LogP contribution in [0.4, 0.5) is 5.69 Å². The zero-order valence-corrected chi connectivity index (χ0v) is 16.3. The van der Waals surface area contributed by atoms with E-state index in [1.165, 1.54) is 0 Å². The molecule has 7 heteroatoms. The lowest BCUT2D eigenvalue weighted by Gasteiger charge is -2.27. The lowest BCUT2D eigenvalue weighted by Crippen LogP contribution is -2.31. The molecule has 1 fully saturated rings. The highest BCUT2D eigenvalue weighted by Gasteiger charge is 2.39. The van der Waals surface area contributed by atoms with Crippen molar-refractivity contribution in [3.05, 3.63) is 21.1 Å². The Morgan fingerprint density at radius 1 is 1.24 bits per heavy atom. The minimum absolute atomic E-state index is 0.111. The first-order valence-corrected chi connectivity index (χ1v) is 9.81. The quantitative estimate of drug-likeness (QED) is 0.711. The minimum atomic E-state index is -3.53. The van der Waals surface area contributed by atoms with Crippen LogP contribution in [-0.4, -0.2) is 25.8 Å².